The number of hydrogen-bond donors (Lipinski definition) is 0. The summed E-state index contributed by atoms with van der Waals surface area (Å²) < 4.78 is 1.85. The lowest BCUT2D eigenvalue weighted by Crippen LogP contribution is -2.29. The highest BCUT2D eigenvalue weighted by Crippen LogP contribution is 2.56. The summed E-state index contributed by atoms with van der Waals surface area (Å²) in [6.45, 7) is 0. The zero-order valence-corrected chi connectivity index (χ0v) is 20.1. The number of nitriles is 4. The SMILES string of the molecule is CN1c2ncccc2C2c3nc4c(nc3C(=C(C#N)C#N)C21)-c1c(n(C)c2ncccc12)C4=C(C#N)C#N. The number of fused-ring (bicyclic) bond motifs is 10. The third-order valence-corrected chi connectivity index (χ3v) is 7.61. The molecule has 1 aliphatic heterocycles. The number of aromatic nitrogens is 5. The Bertz CT molecular complexity index is 1980. The van der Waals surface area contributed by atoms with Gasteiger partial charge >= 0.3 is 0 Å². The van der Waals surface area contributed by atoms with Gasteiger partial charge in [0.1, 0.15) is 58.3 Å². The molecule has 0 saturated carbocycles. The minimum absolute atomic E-state index is 0.0315. The van der Waals surface area contributed by atoms with E-state index in [0.717, 1.165) is 22.3 Å². The van der Waals surface area contributed by atoms with Crippen molar-refractivity contribution in [1.82, 2.24) is 24.5 Å². The molecule has 5 heterocycles. The van der Waals surface area contributed by atoms with Crippen LogP contribution in [0.5, 0.6) is 0 Å². The first kappa shape index (κ1) is 21.4. The van der Waals surface area contributed by atoms with Crippen LogP contribution in [0.15, 0.2) is 47.8 Å². The lowest BCUT2D eigenvalue weighted by atomic mass is 9.95. The highest BCUT2D eigenvalue weighted by molar-refractivity contribution is 6.11. The highest BCUT2D eigenvalue weighted by atomic mass is 15.2. The molecule has 0 bridgehead atoms. The summed E-state index contributed by atoms with van der Waals surface area (Å²) in [7, 11) is 3.71. The third kappa shape index (κ3) is 2.36. The van der Waals surface area contributed by atoms with E-state index in [1.807, 2.05) is 60.0 Å². The van der Waals surface area contributed by atoms with Gasteiger partial charge in [0.05, 0.1) is 34.6 Å². The van der Waals surface area contributed by atoms with Gasteiger partial charge in [0.2, 0.25) is 0 Å². The molecule has 4 aromatic heterocycles. The average Bonchev–Trinajstić information content (AvgIpc) is 3.63. The van der Waals surface area contributed by atoms with Crippen LogP contribution in [-0.4, -0.2) is 37.6 Å². The van der Waals surface area contributed by atoms with Gasteiger partial charge in [-0.1, -0.05) is 6.07 Å². The predicted octanol–water partition coefficient (Wildman–Crippen LogP) is 3.35. The van der Waals surface area contributed by atoms with E-state index in [4.69, 9.17) is 9.97 Å². The molecule has 0 N–H and O–H groups in total. The molecule has 10 nitrogen and oxygen atoms in total. The number of allylic oxidation sites excluding steroid dienone is 2. The molecule has 3 aliphatic rings. The maximum absolute atomic E-state index is 9.91. The monoisotopic (exact) mass is 490 g/mol. The third-order valence-electron chi connectivity index (χ3n) is 7.61. The van der Waals surface area contributed by atoms with E-state index in [1.54, 1.807) is 12.4 Å². The number of hydrogen-bond acceptors (Lipinski definition) is 9. The first-order valence-corrected chi connectivity index (χ1v) is 11.7. The summed E-state index contributed by atoms with van der Waals surface area (Å²) in [6.07, 6.45) is 3.38. The van der Waals surface area contributed by atoms with Crippen LogP contribution >= 0.6 is 0 Å². The minimum Gasteiger partial charge on any atom is -0.351 e. The lowest BCUT2D eigenvalue weighted by molar-refractivity contribution is 0.737. The zero-order valence-electron chi connectivity index (χ0n) is 20.1. The van der Waals surface area contributed by atoms with Crippen LogP contribution in [0.1, 0.15) is 34.3 Å². The molecular formula is C28H14N10. The Kier molecular flexibility index (Phi) is 4.14. The van der Waals surface area contributed by atoms with Gasteiger partial charge in [-0.05, 0) is 18.2 Å². The van der Waals surface area contributed by atoms with Crippen LogP contribution < -0.4 is 4.90 Å². The standard InChI is InChI=1S/C28H14N10/c1-37-25-17(13(9-29)10-30)21-23(19(25)15-5-3-7-33-27(15)37)36-22-18(14(11-31)12-32)26-20(24(22)35-21)16-6-4-8-34-28(16)38(26)2/h3-8,19,25H,1-2H3. The fourth-order valence-corrected chi connectivity index (χ4v) is 6.17. The Balaban J connectivity index is 1.64. The van der Waals surface area contributed by atoms with Crippen molar-refractivity contribution in [3.8, 4) is 35.5 Å². The smallest absolute Gasteiger partial charge is 0.141 e. The minimum atomic E-state index is -0.390. The largest absolute Gasteiger partial charge is 0.351 e. The van der Waals surface area contributed by atoms with E-state index in [9.17, 15) is 21.0 Å². The fraction of sp³-hybridized carbons (Fsp3) is 0.143. The highest BCUT2D eigenvalue weighted by Gasteiger charge is 2.51. The molecule has 2 atom stereocenters. The maximum atomic E-state index is 9.91. The number of aryl methyl sites for hydroxylation is 1. The molecule has 0 amide bonds. The van der Waals surface area contributed by atoms with Crippen molar-refractivity contribution in [3.63, 3.8) is 0 Å². The second-order valence-electron chi connectivity index (χ2n) is 9.25. The molecule has 0 saturated heterocycles. The van der Waals surface area contributed by atoms with Crippen LogP contribution in [0, 0.1) is 45.3 Å². The molecule has 10 heteroatoms. The molecule has 0 radical (unpaired) electrons. The zero-order chi connectivity index (χ0) is 26.3. The number of likely N-dealkylation sites (N-methyl/N-ethyl adjacent to an activating group) is 1. The van der Waals surface area contributed by atoms with Crippen molar-refractivity contribution in [2.24, 2.45) is 7.05 Å². The molecule has 7 rings (SSSR count). The number of pyridine rings is 2. The van der Waals surface area contributed by atoms with Gasteiger partial charge in [0.25, 0.3) is 0 Å². The summed E-state index contributed by atoms with van der Waals surface area (Å²) >= 11 is 0. The van der Waals surface area contributed by atoms with Crippen LogP contribution in [0.4, 0.5) is 5.82 Å². The molecule has 4 aromatic rings. The van der Waals surface area contributed by atoms with Crippen molar-refractivity contribution in [2.75, 3.05) is 11.9 Å². The van der Waals surface area contributed by atoms with Gasteiger partial charge in [-0.3, -0.25) is 0 Å². The van der Waals surface area contributed by atoms with Crippen molar-refractivity contribution in [2.45, 2.75) is 12.0 Å². The van der Waals surface area contributed by atoms with Crippen LogP contribution in [0.3, 0.4) is 0 Å². The van der Waals surface area contributed by atoms with E-state index in [-0.39, 0.29) is 23.1 Å². The molecule has 38 heavy (non-hydrogen) atoms. The van der Waals surface area contributed by atoms with E-state index < -0.39 is 0 Å². The molecular weight excluding hydrogens is 476 g/mol. The Morgan fingerprint density at radius 2 is 1.55 bits per heavy atom. The molecule has 176 valence electrons. The molecule has 0 fully saturated rings. The Labute approximate surface area is 216 Å². The predicted molar refractivity (Wildman–Crippen MR) is 135 cm³/mol. The number of rotatable bonds is 0. The van der Waals surface area contributed by atoms with E-state index in [2.05, 4.69) is 22.1 Å². The maximum Gasteiger partial charge on any atom is 0.141 e. The van der Waals surface area contributed by atoms with Gasteiger partial charge in [-0.15, -0.1) is 0 Å². The second kappa shape index (κ2) is 7.34. The van der Waals surface area contributed by atoms with Crippen molar-refractivity contribution in [3.05, 3.63) is 76.1 Å². The van der Waals surface area contributed by atoms with Gasteiger partial charge in [0, 0.05) is 48.6 Å². The average molecular weight is 490 g/mol. The fourth-order valence-electron chi connectivity index (χ4n) is 6.17. The van der Waals surface area contributed by atoms with Crippen molar-refractivity contribution >= 4 is 28.0 Å². The van der Waals surface area contributed by atoms with Crippen LogP contribution in [-0.2, 0) is 7.05 Å². The molecule has 2 unspecified atom stereocenters. The number of anilines is 1. The molecule has 0 spiro atoms. The van der Waals surface area contributed by atoms with Gasteiger partial charge in [-0.25, -0.2) is 19.9 Å². The summed E-state index contributed by atoms with van der Waals surface area (Å²) in [5.74, 6) is 0.424. The Morgan fingerprint density at radius 3 is 2.29 bits per heavy atom. The summed E-state index contributed by atoms with van der Waals surface area (Å²) in [5.41, 5.74) is 5.76. The van der Waals surface area contributed by atoms with Gasteiger partial charge in [-0.2, -0.15) is 21.0 Å². The van der Waals surface area contributed by atoms with Crippen LogP contribution in [0.25, 0.3) is 33.4 Å². The summed E-state index contributed by atoms with van der Waals surface area (Å²) in [5, 5.41) is 40.4. The first-order chi connectivity index (χ1) is 18.5. The second-order valence-corrected chi connectivity index (χ2v) is 9.25. The van der Waals surface area contributed by atoms with E-state index in [1.165, 1.54) is 0 Å². The summed E-state index contributed by atoms with van der Waals surface area (Å²) in [4.78, 5) is 21.1. The summed E-state index contributed by atoms with van der Waals surface area (Å²) in [6, 6.07) is 15.3. The topological polar surface area (TPSA) is 155 Å². The normalized spacial score (nSPS) is 17.5. The molecule has 0 aromatic carbocycles. The first-order valence-electron chi connectivity index (χ1n) is 11.7. The molecule has 2 aliphatic carbocycles. The quantitative estimate of drug-likeness (QED) is 0.297. The van der Waals surface area contributed by atoms with Crippen molar-refractivity contribution in [1.29, 1.82) is 21.0 Å². The van der Waals surface area contributed by atoms with E-state index in [0.29, 0.717) is 45.3 Å². The number of nitrogens with zero attached hydrogens (tertiary/aromatic N) is 10. The lowest BCUT2D eigenvalue weighted by Gasteiger charge is -2.22. The van der Waals surface area contributed by atoms with E-state index >= 15 is 0 Å². The Hall–Kier alpha value is -5.84. The van der Waals surface area contributed by atoms with Gasteiger partial charge in [0.15, 0.2) is 0 Å². The van der Waals surface area contributed by atoms with Gasteiger partial charge < -0.3 is 9.47 Å². The van der Waals surface area contributed by atoms with Crippen LogP contribution in [0.2, 0.25) is 0 Å². The van der Waals surface area contributed by atoms with Crippen molar-refractivity contribution < 1.29 is 0 Å². The Morgan fingerprint density at radius 1 is 0.842 bits per heavy atom.